The van der Waals surface area contributed by atoms with Crippen molar-refractivity contribution in [3.05, 3.63) is 47.5 Å². The van der Waals surface area contributed by atoms with Gasteiger partial charge in [0.2, 0.25) is 0 Å². The van der Waals surface area contributed by atoms with Crippen molar-refractivity contribution in [3.8, 4) is 0 Å². The van der Waals surface area contributed by atoms with E-state index in [-0.39, 0.29) is 18.5 Å². The summed E-state index contributed by atoms with van der Waals surface area (Å²) in [6, 6.07) is 10.5. The highest BCUT2D eigenvalue weighted by Gasteiger charge is 2.10. The largest absolute Gasteiger partial charge is 0.462 e. The average Bonchev–Trinajstić information content (AvgIpc) is 2.56. The van der Waals surface area contributed by atoms with Gasteiger partial charge in [0.1, 0.15) is 6.61 Å². The van der Waals surface area contributed by atoms with E-state index in [2.05, 4.69) is 12.6 Å². The first kappa shape index (κ1) is 16.4. The zero-order valence-electron chi connectivity index (χ0n) is 12.4. The minimum Gasteiger partial charge on any atom is -0.462 e. The second kappa shape index (κ2) is 7.84. The molecule has 0 atom stereocenters. The number of esters is 2. The lowest BCUT2D eigenvalue weighted by atomic mass is 10.0. The molecule has 0 amide bonds. The van der Waals surface area contributed by atoms with Gasteiger partial charge in [-0.25, -0.2) is 9.59 Å². The van der Waals surface area contributed by atoms with E-state index in [4.69, 9.17) is 9.47 Å². The molecule has 0 fully saturated rings. The van der Waals surface area contributed by atoms with Crippen molar-refractivity contribution >= 4 is 35.3 Å². The fourth-order valence-electron chi connectivity index (χ4n) is 2.00. The monoisotopic (exact) mass is 318 g/mol. The van der Waals surface area contributed by atoms with E-state index in [1.165, 1.54) is 0 Å². The van der Waals surface area contributed by atoms with Crippen LogP contribution in [0, 0.1) is 0 Å². The molecule has 0 spiro atoms. The molecular formula is C17H18O4S. The van der Waals surface area contributed by atoms with Crippen LogP contribution in [0.4, 0.5) is 0 Å². The summed E-state index contributed by atoms with van der Waals surface area (Å²) >= 11 is 4.00. The lowest BCUT2D eigenvalue weighted by molar-refractivity contribution is 0.0502. The number of hydrogen-bond donors (Lipinski definition) is 1. The van der Waals surface area contributed by atoms with Gasteiger partial charge in [0.15, 0.2) is 0 Å². The Morgan fingerprint density at radius 2 is 1.41 bits per heavy atom. The fraction of sp³-hybridized carbons (Fsp3) is 0.294. The third kappa shape index (κ3) is 4.01. The number of carbonyl (C=O) groups is 2. The quantitative estimate of drug-likeness (QED) is 0.654. The maximum Gasteiger partial charge on any atom is 0.338 e. The molecule has 116 valence electrons. The number of rotatable bonds is 6. The molecule has 0 N–H and O–H groups in total. The number of ether oxygens (including phenoxy) is 2. The Morgan fingerprint density at radius 1 is 0.909 bits per heavy atom. The normalized spacial score (nSPS) is 10.5. The predicted molar refractivity (Wildman–Crippen MR) is 88.7 cm³/mol. The van der Waals surface area contributed by atoms with Crippen molar-refractivity contribution in [2.24, 2.45) is 0 Å². The van der Waals surface area contributed by atoms with Crippen LogP contribution >= 0.6 is 12.6 Å². The summed E-state index contributed by atoms with van der Waals surface area (Å²) in [5, 5.41) is 1.74. The third-order valence-electron chi connectivity index (χ3n) is 3.07. The highest BCUT2D eigenvalue weighted by molar-refractivity contribution is 7.80. The van der Waals surface area contributed by atoms with Gasteiger partial charge in [-0.2, -0.15) is 12.6 Å². The molecule has 0 aliphatic rings. The molecule has 0 heterocycles. The third-order valence-corrected chi connectivity index (χ3v) is 3.26. The Labute approximate surface area is 134 Å². The van der Waals surface area contributed by atoms with Crippen molar-refractivity contribution in [1.29, 1.82) is 0 Å². The van der Waals surface area contributed by atoms with Gasteiger partial charge in [0, 0.05) is 5.75 Å². The Bertz CT molecular complexity index is 622. The molecule has 22 heavy (non-hydrogen) atoms. The summed E-state index contributed by atoms with van der Waals surface area (Å²) in [5.41, 5.74) is 0.988. The van der Waals surface area contributed by atoms with Crippen LogP contribution in [0.15, 0.2) is 36.4 Å². The highest BCUT2D eigenvalue weighted by Crippen LogP contribution is 2.19. The van der Waals surface area contributed by atoms with E-state index >= 15 is 0 Å². The number of thiol groups is 1. The molecule has 5 heteroatoms. The number of fused-ring (bicyclic) bond motifs is 1. The number of benzene rings is 2. The Kier molecular flexibility index (Phi) is 5.83. The predicted octanol–water partition coefficient (Wildman–Crippen LogP) is 3.49. The smallest absolute Gasteiger partial charge is 0.338 e. The molecule has 0 saturated heterocycles. The molecule has 2 aromatic rings. The fourth-order valence-corrected chi connectivity index (χ4v) is 2.09. The number of carbonyl (C=O) groups excluding carboxylic acids is 2. The average molecular weight is 318 g/mol. The first-order chi connectivity index (χ1) is 10.7. The molecule has 0 bridgehead atoms. The minimum atomic E-state index is -0.373. The van der Waals surface area contributed by atoms with Gasteiger partial charge in [-0.15, -0.1) is 0 Å². The summed E-state index contributed by atoms with van der Waals surface area (Å²) in [4.78, 5) is 23.6. The zero-order valence-corrected chi connectivity index (χ0v) is 13.3. The maximum absolute atomic E-state index is 11.8. The van der Waals surface area contributed by atoms with Crippen LogP contribution in [0.1, 0.15) is 34.1 Å². The Hall–Kier alpha value is -2.01. The molecular weight excluding hydrogens is 300 g/mol. The van der Waals surface area contributed by atoms with Crippen LogP contribution < -0.4 is 0 Å². The van der Waals surface area contributed by atoms with Crippen molar-refractivity contribution < 1.29 is 19.1 Å². The Morgan fingerprint density at radius 3 is 1.86 bits per heavy atom. The van der Waals surface area contributed by atoms with E-state index < -0.39 is 0 Å². The molecule has 0 aliphatic heterocycles. The van der Waals surface area contributed by atoms with Gasteiger partial charge < -0.3 is 9.47 Å². The van der Waals surface area contributed by atoms with Gasteiger partial charge in [0.05, 0.1) is 17.7 Å². The standard InChI is InChI=1S/C17H18O4S/c1-2-7-20-16(18)14-5-3-13-11-15(6-4-12(13)10-14)17(19)21-8-9-22/h3-6,10-11,22H,2,7-9H2,1H3. The van der Waals surface area contributed by atoms with Crippen molar-refractivity contribution in [2.75, 3.05) is 19.0 Å². The summed E-state index contributed by atoms with van der Waals surface area (Å²) in [7, 11) is 0. The van der Waals surface area contributed by atoms with E-state index in [9.17, 15) is 9.59 Å². The summed E-state index contributed by atoms with van der Waals surface area (Å²) in [6.45, 7) is 2.64. The lowest BCUT2D eigenvalue weighted by Gasteiger charge is -2.07. The summed E-state index contributed by atoms with van der Waals surface area (Å²) < 4.78 is 10.2. The van der Waals surface area contributed by atoms with Crippen LogP contribution in [0.25, 0.3) is 10.8 Å². The van der Waals surface area contributed by atoms with Crippen LogP contribution in [0.5, 0.6) is 0 Å². The first-order valence-electron chi connectivity index (χ1n) is 7.14. The first-order valence-corrected chi connectivity index (χ1v) is 7.78. The molecule has 0 aliphatic carbocycles. The summed E-state index contributed by atoms with van der Waals surface area (Å²) in [5.74, 6) is -0.217. The van der Waals surface area contributed by atoms with Crippen LogP contribution in [0.3, 0.4) is 0 Å². The van der Waals surface area contributed by atoms with E-state index in [0.29, 0.717) is 23.5 Å². The second-order valence-corrected chi connectivity index (χ2v) is 5.22. The highest BCUT2D eigenvalue weighted by atomic mass is 32.1. The van der Waals surface area contributed by atoms with Crippen LogP contribution in [-0.2, 0) is 9.47 Å². The van der Waals surface area contributed by atoms with Gasteiger partial charge in [-0.3, -0.25) is 0 Å². The molecule has 0 unspecified atom stereocenters. The van der Waals surface area contributed by atoms with Crippen molar-refractivity contribution in [2.45, 2.75) is 13.3 Å². The molecule has 0 aromatic heterocycles. The van der Waals surface area contributed by atoms with Gasteiger partial charge in [-0.1, -0.05) is 19.1 Å². The van der Waals surface area contributed by atoms with Gasteiger partial charge >= 0.3 is 11.9 Å². The lowest BCUT2D eigenvalue weighted by Crippen LogP contribution is -2.07. The SMILES string of the molecule is CCCOC(=O)c1ccc2cc(C(=O)OCCS)ccc2c1. The van der Waals surface area contributed by atoms with Crippen molar-refractivity contribution in [1.82, 2.24) is 0 Å². The van der Waals surface area contributed by atoms with Gasteiger partial charge in [-0.05, 0) is 41.5 Å². The van der Waals surface area contributed by atoms with E-state index in [0.717, 1.165) is 17.2 Å². The molecule has 0 radical (unpaired) electrons. The zero-order chi connectivity index (χ0) is 15.9. The van der Waals surface area contributed by atoms with E-state index in [1.807, 2.05) is 6.92 Å². The van der Waals surface area contributed by atoms with Crippen LogP contribution in [-0.4, -0.2) is 30.9 Å². The topological polar surface area (TPSA) is 52.6 Å². The van der Waals surface area contributed by atoms with Gasteiger partial charge in [0.25, 0.3) is 0 Å². The molecule has 2 aromatic carbocycles. The second-order valence-electron chi connectivity index (χ2n) is 4.77. The number of hydrogen-bond acceptors (Lipinski definition) is 5. The van der Waals surface area contributed by atoms with E-state index in [1.54, 1.807) is 36.4 Å². The van der Waals surface area contributed by atoms with Crippen LogP contribution in [0.2, 0.25) is 0 Å². The molecule has 2 rings (SSSR count). The van der Waals surface area contributed by atoms with Crippen molar-refractivity contribution in [3.63, 3.8) is 0 Å². The maximum atomic E-state index is 11.8. The molecule has 0 saturated carbocycles. The summed E-state index contributed by atoms with van der Waals surface area (Å²) in [6.07, 6.45) is 0.789. The molecule has 4 nitrogen and oxygen atoms in total. The minimum absolute atomic E-state index is 0.280. The Balaban J connectivity index is 2.21.